The van der Waals surface area contributed by atoms with Crippen molar-refractivity contribution in [3.05, 3.63) is 23.8 Å². The molecule has 0 saturated carbocycles. The van der Waals surface area contributed by atoms with Crippen molar-refractivity contribution < 1.29 is 14.2 Å². The van der Waals surface area contributed by atoms with Gasteiger partial charge in [0, 0.05) is 18.7 Å². The summed E-state index contributed by atoms with van der Waals surface area (Å²) in [6, 6.07) is 6.52. The predicted molar refractivity (Wildman–Crippen MR) is 77.1 cm³/mol. The molecule has 0 saturated heterocycles. The molecule has 0 aliphatic heterocycles. The molecule has 0 radical (unpaired) electrons. The molecule has 0 aromatic heterocycles. The summed E-state index contributed by atoms with van der Waals surface area (Å²) in [6.07, 6.45) is 0. The Bertz CT molecular complexity index is 382. The Balaban J connectivity index is 2.68. The molecule has 108 valence electrons. The third-order valence-electron chi connectivity index (χ3n) is 3.01. The zero-order valence-electron chi connectivity index (χ0n) is 12.5. The van der Waals surface area contributed by atoms with Crippen molar-refractivity contribution >= 4 is 0 Å². The van der Waals surface area contributed by atoms with E-state index >= 15 is 0 Å². The van der Waals surface area contributed by atoms with Crippen LogP contribution < -0.4 is 14.8 Å². The second-order valence-electron chi connectivity index (χ2n) is 4.56. The smallest absolute Gasteiger partial charge is 0.161 e. The molecule has 0 bridgehead atoms. The highest BCUT2D eigenvalue weighted by Gasteiger charge is 2.12. The van der Waals surface area contributed by atoms with Gasteiger partial charge in [0.15, 0.2) is 11.5 Å². The molecule has 2 unspecified atom stereocenters. The van der Waals surface area contributed by atoms with Crippen LogP contribution in [-0.2, 0) is 4.74 Å². The van der Waals surface area contributed by atoms with Gasteiger partial charge < -0.3 is 19.5 Å². The average Bonchev–Trinajstić information content (AvgIpc) is 2.44. The van der Waals surface area contributed by atoms with E-state index in [4.69, 9.17) is 14.2 Å². The monoisotopic (exact) mass is 267 g/mol. The minimum absolute atomic E-state index is 0.232. The lowest BCUT2D eigenvalue weighted by Crippen LogP contribution is -2.32. The summed E-state index contributed by atoms with van der Waals surface area (Å²) in [6.45, 7) is 7.71. The van der Waals surface area contributed by atoms with Crippen LogP contribution in [0.25, 0.3) is 0 Å². The molecule has 4 nitrogen and oxygen atoms in total. The van der Waals surface area contributed by atoms with Crippen LogP contribution in [0.15, 0.2) is 18.2 Å². The second-order valence-corrected chi connectivity index (χ2v) is 4.56. The lowest BCUT2D eigenvalue weighted by Gasteiger charge is -2.21. The molecule has 0 amide bonds. The first-order valence-electron chi connectivity index (χ1n) is 6.68. The average molecular weight is 267 g/mol. The van der Waals surface area contributed by atoms with Gasteiger partial charge in [0.05, 0.1) is 20.8 Å². The largest absolute Gasteiger partial charge is 0.493 e. The van der Waals surface area contributed by atoms with Crippen molar-refractivity contribution in [3.8, 4) is 11.5 Å². The van der Waals surface area contributed by atoms with E-state index in [1.165, 1.54) is 5.56 Å². The maximum atomic E-state index is 5.41. The topological polar surface area (TPSA) is 39.7 Å². The molecule has 0 aliphatic rings. The molecule has 0 fully saturated rings. The molecule has 19 heavy (non-hydrogen) atoms. The van der Waals surface area contributed by atoms with E-state index in [0.717, 1.165) is 18.1 Å². The number of nitrogens with one attached hydrogen (secondary N) is 1. The molecule has 0 spiro atoms. The van der Waals surface area contributed by atoms with E-state index in [1.54, 1.807) is 14.2 Å². The van der Waals surface area contributed by atoms with Crippen molar-refractivity contribution in [1.29, 1.82) is 0 Å². The van der Waals surface area contributed by atoms with Crippen molar-refractivity contribution in [2.24, 2.45) is 0 Å². The number of hydrogen-bond donors (Lipinski definition) is 1. The van der Waals surface area contributed by atoms with Gasteiger partial charge in [-0.3, -0.25) is 0 Å². The van der Waals surface area contributed by atoms with Crippen LogP contribution in [0, 0.1) is 0 Å². The van der Waals surface area contributed by atoms with Gasteiger partial charge in [-0.15, -0.1) is 0 Å². The van der Waals surface area contributed by atoms with Crippen LogP contribution in [-0.4, -0.2) is 33.5 Å². The predicted octanol–water partition coefficient (Wildman–Crippen LogP) is 2.78. The van der Waals surface area contributed by atoms with Crippen molar-refractivity contribution in [2.45, 2.75) is 32.9 Å². The second kappa shape index (κ2) is 8.02. The zero-order chi connectivity index (χ0) is 14.3. The Hall–Kier alpha value is -1.26. The maximum absolute atomic E-state index is 5.41. The normalized spacial score (nSPS) is 13.9. The summed E-state index contributed by atoms with van der Waals surface area (Å²) in [5.74, 6) is 1.51. The van der Waals surface area contributed by atoms with Crippen LogP contribution in [0.5, 0.6) is 11.5 Å². The molecule has 0 aliphatic carbocycles. The van der Waals surface area contributed by atoms with E-state index in [0.29, 0.717) is 12.6 Å². The highest BCUT2D eigenvalue weighted by molar-refractivity contribution is 5.43. The highest BCUT2D eigenvalue weighted by atomic mass is 16.5. The summed E-state index contributed by atoms with van der Waals surface area (Å²) in [4.78, 5) is 0. The zero-order valence-corrected chi connectivity index (χ0v) is 12.5. The first-order valence-corrected chi connectivity index (χ1v) is 6.68. The molecule has 0 heterocycles. The molecule has 1 aromatic carbocycles. The lowest BCUT2D eigenvalue weighted by atomic mass is 10.1. The molecule has 1 aromatic rings. The molecular formula is C15H25NO3. The fourth-order valence-electron chi connectivity index (χ4n) is 1.99. The Labute approximate surface area is 116 Å². The number of benzene rings is 1. The molecule has 1 N–H and O–H groups in total. The molecular weight excluding hydrogens is 242 g/mol. The van der Waals surface area contributed by atoms with Crippen molar-refractivity contribution in [1.82, 2.24) is 5.32 Å². The van der Waals surface area contributed by atoms with Crippen LogP contribution in [0.3, 0.4) is 0 Å². The molecule has 2 atom stereocenters. The number of rotatable bonds is 8. The van der Waals surface area contributed by atoms with Gasteiger partial charge in [-0.2, -0.15) is 0 Å². The quantitative estimate of drug-likeness (QED) is 0.786. The van der Waals surface area contributed by atoms with Crippen molar-refractivity contribution in [2.75, 3.05) is 27.4 Å². The third kappa shape index (κ3) is 4.73. The third-order valence-corrected chi connectivity index (χ3v) is 3.01. The molecule has 4 heteroatoms. The Morgan fingerprint density at radius 3 is 2.37 bits per heavy atom. The lowest BCUT2D eigenvalue weighted by molar-refractivity contribution is 0.124. The first kappa shape index (κ1) is 15.8. The maximum Gasteiger partial charge on any atom is 0.161 e. The van der Waals surface area contributed by atoms with Gasteiger partial charge >= 0.3 is 0 Å². The Morgan fingerprint density at radius 2 is 1.79 bits per heavy atom. The summed E-state index contributed by atoms with van der Waals surface area (Å²) >= 11 is 0. The van der Waals surface area contributed by atoms with Crippen molar-refractivity contribution in [3.63, 3.8) is 0 Å². The highest BCUT2D eigenvalue weighted by Crippen LogP contribution is 2.29. The van der Waals surface area contributed by atoms with Gasteiger partial charge in [0.25, 0.3) is 0 Å². The number of methoxy groups -OCH3 is 2. The summed E-state index contributed by atoms with van der Waals surface area (Å²) in [5.41, 5.74) is 1.17. The van der Waals surface area contributed by atoms with Crippen LogP contribution in [0.2, 0.25) is 0 Å². The summed E-state index contributed by atoms with van der Waals surface area (Å²) in [5, 5.41) is 3.50. The van der Waals surface area contributed by atoms with E-state index in [2.05, 4.69) is 19.2 Å². The standard InChI is InChI=1S/C15H25NO3/c1-6-19-10-11(2)16-12(3)13-7-8-14(17-4)15(9-13)18-5/h7-9,11-12,16H,6,10H2,1-5H3. The van der Waals surface area contributed by atoms with E-state index in [1.807, 2.05) is 25.1 Å². The fourth-order valence-corrected chi connectivity index (χ4v) is 1.99. The summed E-state index contributed by atoms with van der Waals surface area (Å²) in [7, 11) is 3.29. The summed E-state index contributed by atoms with van der Waals surface area (Å²) < 4.78 is 16.0. The van der Waals surface area contributed by atoms with E-state index in [-0.39, 0.29) is 6.04 Å². The Kier molecular flexibility index (Phi) is 6.67. The van der Waals surface area contributed by atoms with Gasteiger partial charge in [-0.1, -0.05) is 6.07 Å². The van der Waals surface area contributed by atoms with Gasteiger partial charge in [-0.05, 0) is 38.5 Å². The SMILES string of the molecule is CCOCC(C)NC(C)c1ccc(OC)c(OC)c1. The number of ether oxygens (including phenoxy) is 3. The van der Waals surface area contributed by atoms with Crippen LogP contribution >= 0.6 is 0 Å². The van der Waals surface area contributed by atoms with E-state index in [9.17, 15) is 0 Å². The minimum atomic E-state index is 0.232. The Morgan fingerprint density at radius 1 is 1.11 bits per heavy atom. The fraction of sp³-hybridized carbons (Fsp3) is 0.600. The van der Waals surface area contributed by atoms with Gasteiger partial charge in [0.2, 0.25) is 0 Å². The van der Waals surface area contributed by atoms with Gasteiger partial charge in [-0.25, -0.2) is 0 Å². The minimum Gasteiger partial charge on any atom is -0.493 e. The van der Waals surface area contributed by atoms with Crippen LogP contribution in [0.4, 0.5) is 0 Å². The van der Waals surface area contributed by atoms with Gasteiger partial charge in [0.1, 0.15) is 0 Å². The first-order chi connectivity index (χ1) is 9.12. The van der Waals surface area contributed by atoms with E-state index < -0.39 is 0 Å². The number of hydrogen-bond acceptors (Lipinski definition) is 4. The van der Waals surface area contributed by atoms with Crippen LogP contribution in [0.1, 0.15) is 32.4 Å². The molecule has 1 rings (SSSR count).